The summed E-state index contributed by atoms with van der Waals surface area (Å²) >= 11 is 3.68. The SMILES string of the molecule is CCNC(=NCC(C)(C)SC)NCC1(O)CCC1SCC.I. The maximum atomic E-state index is 10.6. The summed E-state index contributed by atoms with van der Waals surface area (Å²) in [5, 5.41) is 17.6. The van der Waals surface area contributed by atoms with Crippen LogP contribution in [0.25, 0.3) is 0 Å². The number of thioether (sulfide) groups is 2. The Kier molecular flexibility index (Phi) is 10.8. The maximum Gasteiger partial charge on any atom is 0.191 e. The van der Waals surface area contributed by atoms with Crippen LogP contribution in [0.5, 0.6) is 0 Å². The first-order valence-electron chi connectivity index (χ1n) is 7.78. The van der Waals surface area contributed by atoms with Crippen LogP contribution < -0.4 is 10.6 Å². The van der Waals surface area contributed by atoms with Gasteiger partial charge < -0.3 is 15.7 Å². The minimum Gasteiger partial charge on any atom is -0.387 e. The quantitative estimate of drug-likeness (QED) is 0.295. The molecule has 1 aliphatic rings. The van der Waals surface area contributed by atoms with E-state index in [-0.39, 0.29) is 28.7 Å². The highest BCUT2D eigenvalue weighted by atomic mass is 127. The van der Waals surface area contributed by atoms with Gasteiger partial charge in [-0.1, -0.05) is 6.92 Å². The highest BCUT2D eigenvalue weighted by Gasteiger charge is 2.45. The van der Waals surface area contributed by atoms with Crippen LogP contribution in [0, 0.1) is 0 Å². The molecule has 0 amide bonds. The second kappa shape index (κ2) is 10.5. The lowest BCUT2D eigenvalue weighted by Gasteiger charge is -2.45. The van der Waals surface area contributed by atoms with Gasteiger partial charge in [0, 0.05) is 23.1 Å². The van der Waals surface area contributed by atoms with Crippen molar-refractivity contribution in [3.8, 4) is 0 Å². The third-order valence-electron chi connectivity index (χ3n) is 3.88. The Morgan fingerprint density at radius 3 is 2.50 bits per heavy atom. The normalized spacial score (nSPS) is 25.2. The molecule has 1 rings (SSSR count). The van der Waals surface area contributed by atoms with Crippen molar-refractivity contribution in [3.63, 3.8) is 0 Å². The molecule has 0 aliphatic heterocycles. The van der Waals surface area contributed by atoms with Crippen molar-refractivity contribution in [1.29, 1.82) is 0 Å². The number of aliphatic imine (C=N–C) groups is 1. The van der Waals surface area contributed by atoms with Crippen molar-refractivity contribution in [3.05, 3.63) is 0 Å². The number of nitrogens with one attached hydrogen (secondary N) is 2. The molecule has 0 radical (unpaired) electrons. The van der Waals surface area contributed by atoms with Crippen LogP contribution in [0.2, 0.25) is 0 Å². The van der Waals surface area contributed by atoms with Gasteiger partial charge in [-0.3, -0.25) is 4.99 Å². The standard InChI is InChI=1S/C15H31N3OS2.HI/c1-6-16-13(17-10-14(3,4)20-5)18-11-15(19)9-8-12(15)21-7-2;/h12,19H,6-11H2,1-5H3,(H2,16,17,18);1H. The summed E-state index contributed by atoms with van der Waals surface area (Å²) in [5.41, 5.74) is -0.577. The Labute approximate surface area is 161 Å². The molecule has 0 bridgehead atoms. The Morgan fingerprint density at radius 1 is 1.36 bits per heavy atom. The zero-order valence-electron chi connectivity index (χ0n) is 14.4. The van der Waals surface area contributed by atoms with Crippen molar-refractivity contribution in [2.75, 3.05) is 31.6 Å². The molecule has 0 spiro atoms. The summed E-state index contributed by atoms with van der Waals surface area (Å²) in [6.45, 7) is 10.8. The number of hydrogen-bond donors (Lipinski definition) is 3. The van der Waals surface area contributed by atoms with E-state index in [2.05, 4.69) is 49.6 Å². The largest absolute Gasteiger partial charge is 0.387 e. The monoisotopic (exact) mass is 461 g/mol. The maximum absolute atomic E-state index is 10.6. The van der Waals surface area contributed by atoms with Gasteiger partial charge in [-0.25, -0.2) is 0 Å². The van der Waals surface area contributed by atoms with Crippen molar-refractivity contribution in [2.24, 2.45) is 4.99 Å². The van der Waals surface area contributed by atoms with Gasteiger partial charge in [0.25, 0.3) is 0 Å². The molecule has 132 valence electrons. The van der Waals surface area contributed by atoms with E-state index in [0.29, 0.717) is 11.8 Å². The van der Waals surface area contributed by atoms with Gasteiger partial charge in [0.1, 0.15) is 0 Å². The Morgan fingerprint density at radius 2 is 2.05 bits per heavy atom. The van der Waals surface area contributed by atoms with Crippen molar-refractivity contribution in [2.45, 2.75) is 56.1 Å². The minimum absolute atomic E-state index is 0. The minimum atomic E-state index is -0.577. The molecule has 0 aromatic rings. The van der Waals surface area contributed by atoms with Crippen molar-refractivity contribution in [1.82, 2.24) is 10.6 Å². The van der Waals surface area contributed by atoms with E-state index in [1.807, 2.05) is 23.5 Å². The van der Waals surface area contributed by atoms with Crippen LogP contribution in [0.1, 0.15) is 40.5 Å². The zero-order valence-corrected chi connectivity index (χ0v) is 18.4. The van der Waals surface area contributed by atoms with Gasteiger partial charge in [-0.2, -0.15) is 23.5 Å². The van der Waals surface area contributed by atoms with E-state index in [0.717, 1.165) is 37.6 Å². The molecule has 0 aromatic heterocycles. The summed E-state index contributed by atoms with van der Waals surface area (Å²) in [6.07, 6.45) is 4.11. The van der Waals surface area contributed by atoms with Gasteiger partial charge in [-0.15, -0.1) is 24.0 Å². The number of hydrogen-bond acceptors (Lipinski definition) is 4. The number of nitrogens with zero attached hydrogens (tertiary/aromatic N) is 1. The van der Waals surface area contributed by atoms with Crippen LogP contribution in [0.3, 0.4) is 0 Å². The lowest BCUT2D eigenvalue weighted by molar-refractivity contribution is -0.0198. The van der Waals surface area contributed by atoms with Crippen LogP contribution in [-0.2, 0) is 0 Å². The van der Waals surface area contributed by atoms with E-state index in [1.165, 1.54) is 0 Å². The van der Waals surface area contributed by atoms with Gasteiger partial charge in [0.05, 0.1) is 12.1 Å². The fraction of sp³-hybridized carbons (Fsp3) is 0.933. The van der Waals surface area contributed by atoms with Gasteiger partial charge >= 0.3 is 0 Å². The zero-order chi connectivity index (χ0) is 15.9. The molecule has 1 fully saturated rings. The lowest BCUT2D eigenvalue weighted by atomic mass is 9.79. The number of halogens is 1. The highest BCUT2D eigenvalue weighted by Crippen LogP contribution is 2.40. The van der Waals surface area contributed by atoms with Crippen LogP contribution in [0.4, 0.5) is 0 Å². The molecule has 7 heteroatoms. The second-order valence-electron chi connectivity index (χ2n) is 6.10. The number of guanidine groups is 1. The van der Waals surface area contributed by atoms with E-state index in [9.17, 15) is 5.11 Å². The van der Waals surface area contributed by atoms with E-state index < -0.39 is 5.60 Å². The molecular formula is C15H32IN3OS2. The Bertz CT molecular complexity index is 356. The molecule has 2 unspecified atom stereocenters. The van der Waals surface area contributed by atoms with Crippen LogP contribution in [-0.4, -0.2) is 58.3 Å². The third kappa shape index (κ3) is 7.05. The first-order chi connectivity index (χ1) is 9.87. The smallest absolute Gasteiger partial charge is 0.191 e. The summed E-state index contributed by atoms with van der Waals surface area (Å²) in [5.74, 6) is 1.86. The molecule has 3 N–H and O–H groups in total. The number of aliphatic hydroxyl groups is 1. The molecular weight excluding hydrogens is 429 g/mol. The third-order valence-corrected chi connectivity index (χ3v) is 6.53. The molecule has 1 saturated carbocycles. The first kappa shape index (κ1) is 22.7. The molecule has 0 aromatic carbocycles. The van der Waals surface area contributed by atoms with Gasteiger partial charge in [-0.05, 0) is 45.6 Å². The molecule has 22 heavy (non-hydrogen) atoms. The van der Waals surface area contributed by atoms with E-state index in [1.54, 1.807) is 0 Å². The van der Waals surface area contributed by atoms with E-state index in [4.69, 9.17) is 0 Å². The summed E-state index contributed by atoms with van der Waals surface area (Å²) < 4.78 is 0.135. The Hall–Kier alpha value is 0.660. The average Bonchev–Trinajstić information content (AvgIpc) is 2.46. The van der Waals surface area contributed by atoms with Crippen molar-refractivity contribution >= 4 is 53.5 Å². The van der Waals surface area contributed by atoms with E-state index >= 15 is 0 Å². The Balaban J connectivity index is 0.00000441. The fourth-order valence-electron chi connectivity index (χ4n) is 2.15. The topological polar surface area (TPSA) is 56.7 Å². The lowest BCUT2D eigenvalue weighted by Crippen LogP contribution is -2.58. The van der Waals surface area contributed by atoms with Crippen LogP contribution >= 0.6 is 47.5 Å². The predicted molar refractivity (Wildman–Crippen MR) is 113 cm³/mol. The summed E-state index contributed by atoms with van der Waals surface area (Å²) in [6, 6.07) is 0. The highest BCUT2D eigenvalue weighted by molar-refractivity contribution is 14.0. The summed E-state index contributed by atoms with van der Waals surface area (Å²) in [4.78, 5) is 4.64. The average molecular weight is 461 g/mol. The van der Waals surface area contributed by atoms with Gasteiger partial charge in [0.2, 0.25) is 0 Å². The van der Waals surface area contributed by atoms with Gasteiger partial charge in [0.15, 0.2) is 5.96 Å². The molecule has 1 aliphatic carbocycles. The molecule has 0 heterocycles. The fourth-order valence-corrected chi connectivity index (χ4v) is 3.54. The number of rotatable bonds is 8. The molecule has 0 saturated heterocycles. The summed E-state index contributed by atoms with van der Waals surface area (Å²) in [7, 11) is 0. The van der Waals surface area contributed by atoms with Crippen molar-refractivity contribution < 1.29 is 5.11 Å². The van der Waals surface area contributed by atoms with Crippen LogP contribution in [0.15, 0.2) is 4.99 Å². The predicted octanol–water partition coefficient (Wildman–Crippen LogP) is 2.95. The first-order valence-corrected chi connectivity index (χ1v) is 10.1. The molecule has 4 nitrogen and oxygen atoms in total. The second-order valence-corrected chi connectivity index (χ2v) is 9.09. The molecule has 2 atom stereocenters.